The van der Waals surface area contributed by atoms with Crippen molar-refractivity contribution in [1.29, 1.82) is 0 Å². The molecule has 1 fully saturated rings. The van der Waals surface area contributed by atoms with Gasteiger partial charge in [-0.15, -0.1) is 0 Å². The highest BCUT2D eigenvalue weighted by molar-refractivity contribution is 6.32. The topological polar surface area (TPSA) is 109 Å². The van der Waals surface area contributed by atoms with Gasteiger partial charge in [-0.1, -0.05) is 35.9 Å². The fourth-order valence-corrected chi connectivity index (χ4v) is 5.43. The highest BCUT2D eigenvalue weighted by Crippen LogP contribution is 2.50. The number of H-pyrrole nitrogens is 1. The largest absolute Gasteiger partial charge is 0.435 e. The summed E-state index contributed by atoms with van der Waals surface area (Å²) in [6.45, 7) is 2.16. The molecule has 168 valence electrons. The first-order chi connectivity index (χ1) is 16.0. The van der Waals surface area contributed by atoms with Crippen LogP contribution in [0.15, 0.2) is 52.5 Å². The molecule has 0 saturated carbocycles. The van der Waals surface area contributed by atoms with Crippen LogP contribution in [0.3, 0.4) is 0 Å². The molecule has 9 heteroatoms. The Morgan fingerprint density at radius 1 is 1.21 bits per heavy atom. The van der Waals surface area contributed by atoms with E-state index < -0.39 is 5.56 Å². The third kappa shape index (κ3) is 3.32. The maximum Gasteiger partial charge on any atom is 0.270 e. The standard InChI is InChI=1S/C24H23ClN6O2/c25-19-17(5-8-27-22(19)32)33-23-20-16(12-29-23)30-18(13-28-20)31-9-6-24(7-10-31)11-14-3-1-2-4-15(14)21(24)26/h1-5,8,13,21H,6-7,9-12,26H2,(H,27,32)/t21-/m1/s1. The van der Waals surface area contributed by atoms with Crippen LogP contribution in [0.25, 0.3) is 0 Å². The van der Waals surface area contributed by atoms with Crippen LogP contribution in [0.5, 0.6) is 5.75 Å². The fourth-order valence-electron chi connectivity index (χ4n) is 5.27. The Hall–Kier alpha value is -3.23. The summed E-state index contributed by atoms with van der Waals surface area (Å²) in [5.74, 6) is 1.41. The number of piperidine rings is 1. The van der Waals surface area contributed by atoms with Gasteiger partial charge in [0.25, 0.3) is 5.56 Å². The van der Waals surface area contributed by atoms with Gasteiger partial charge >= 0.3 is 0 Å². The molecule has 1 saturated heterocycles. The summed E-state index contributed by atoms with van der Waals surface area (Å²) in [5, 5.41) is -0.0206. The van der Waals surface area contributed by atoms with Gasteiger partial charge in [0.05, 0.1) is 18.4 Å². The Labute approximate surface area is 195 Å². The van der Waals surface area contributed by atoms with E-state index in [1.807, 2.05) is 0 Å². The zero-order valence-electron chi connectivity index (χ0n) is 17.9. The molecule has 3 aromatic rings. The summed E-state index contributed by atoms with van der Waals surface area (Å²) in [7, 11) is 0. The highest BCUT2D eigenvalue weighted by Gasteiger charge is 2.46. The molecule has 0 bridgehead atoms. The van der Waals surface area contributed by atoms with E-state index in [9.17, 15) is 4.79 Å². The Morgan fingerprint density at radius 2 is 2.03 bits per heavy atom. The SMILES string of the molecule is N[C@@H]1c2ccccc2CC12CCN(c1cnc3c(n1)CN=C3Oc1cc[nH]c(=O)c1Cl)CC2. The number of nitrogens with two attached hydrogens (primary N) is 1. The number of hydrogen-bond acceptors (Lipinski definition) is 7. The van der Waals surface area contributed by atoms with Crippen molar-refractivity contribution in [2.45, 2.75) is 31.8 Å². The summed E-state index contributed by atoms with van der Waals surface area (Å²) >= 11 is 6.04. The number of anilines is 1. The van der Waals surface area contributed by atoms with E-state index in [0.29, 0.717) is 18.1 Å². The highest BCUT2D eigenvalue weighted by atomic mass is 35.5. The molecule has 6 rings (SSSR count). The van der Waals surface area contributed by atoms with Gasteiger partial charge in [-0.2, -0.15) is 0 Å². The number of nitrogens with one attached hydrogen (secondary N) is 1. The number of hydrogen-bond donors (Lipinski definition) is 2. The van der Waals surface area contributed by atoms with Crippen LogP contribution >= 0.6 is 11.6 Å². The first-order valence-corrected chi connectivity index (χ1v) is 11.5. The number of pyridine rings is 1. The first kappa shape index (κ1) is 20.4. The van der Waals surface area contributed by atoms with E-state index in [1.54, 1.807) is 12.3 Å². The molecule has 3 N–H and O–H groups in total. The van der Waals surface area contributed by atoms with Gasteiger partial charge in [0, 0.05) is 25.3 Å². The van der Waals surface area contributed by atoms with Crippen LogP contribution in [-0.4, -0.2) is 33.9 Å². The van der Waals surface area contributed by atoms with Crippen LogP contribution < -0.4 is 20.9 Å². The molecule has 2 aliphatic heterocycles. The number of halogens is 1. The van der Waals surface area contributed by atoms with Gasteiger partial charge in [0.15, 0.2) is 5.75 Å². The molecule has 2 aromatic heterocycles. The zero-order chi connectivity index (χ0) is 22.6. The molecule has 8 nitrogen and oxygen atoms in total. The van der Waals surface area contributed by atoms with Crippen LogP contribution in [-0.2, 0) is 13.0 Å². The third-order valence-electron chi connectivity index (χ3n) is 7.15. The molecular formula is C24H23ClN6O2. The van der Waals surface area contributed by atoms with Crippen molar-refractivity contribution in [3.8, 4) is 5.75 Å². The maximum absolute atomic E-state index is 11.7. The minimum Gasteiger partial charge on any atom is -0.435 e. The van der Waals surface area contributed by atoms with E-state index >= 15 is 0 Å². The van der Waals surface area contributed by atoms with Gasteiger partial charge in [-0.05, 0) is 41.9 Å². The van der Waals surface area contributed by atoms with Crippen molar-refractivity contribution in [2.24, 2.45) is 16.1 Å². The monoisotopic (exact) mass is 462 g/mol. The average Bonchev–Trinajstić information content (AvgIpc) is 3.36. The Morgan fingerprint density at radius 3 is 2.85 bits per heavy atom. The Bertz CT molecular complexity index is 1330. The maximum atomic E-state index is 11.7. The number of nitrogens with zero attached hydrogens (tertiary/aromatic N) is 4. The molecule has 1 aliphatic carbocycles. The molecule has 1 atom stereocenters. The van der Waals surface area contributed by atoms with Crippen molar-refractivity contribution in [3.05, 3.63) is 80.6 Å². The Balaban J connectivity index is 1.17. The number of aromatic amines is 1. The summed E-state index contributed by atoms with van der Waals surface area (Å²) in [4.78, 5) is 30.3. The summed E-state index contributed by atoms with van der Waals surface area (Å²) in [5.41, 5.74) is 10.4. The fraction of sp³-hybridized carbons (Fsp3) is 0.333. The number of aliphatic imine (C=N–C) groups is 1. The van der Waals surface area contributed by atoms with Crippen molar-refractivity contribution >= 4 is 23.3 Å². The van der Waals surface area contributed by atoms with E-state index in [0.717, 1.165) is 43.9 Å². The van der Waals surface area contributed by atoms with Gasteiger partial charge in [0.1, 0.15) is 16.5 Å². The number of benzene rings is 1. The lowest BCUT2D eigenvalue weighted by molar-refractivity contribution is 0.187. The summed E-state index contributed by atoms with van der Waals surface area (Å²) in [6.07, 6.45) is 6.34. The average molecular weight is 463 g/mol. The lowest BCUT2D eigenvalue weighted by atomic mass is 9.73. The zero-order valence-corrected chi connectivity index (χ0v) is 18.7. The molecule has 4 heterocycles. The molecule has 0 unspecified atom stereocenters. The lowest BCUT2D eigenvalue weighted by Crippen LogP contribution is -2.44. The van der Waals surface area contributed by atoms with Crippen molar-refractivity contribution in [1.82, 2.24) is 15.0 Å². The van der Waals surface area contributed by atoms with Gasteiger partial charge in [-0.3, -0.25) is 4.79 Å². The van der Waals surface area contributed by atoms with Crippen LogP contribution in [0, 0.1) is 5.41 Å². The smallest absolute Gasteiger partial charge is 0.270 e. The predicted molar refractivity (Wildman–Crippen MR) is 126 cm³/mol. The van der Waals surface area contributed by atoms with Crippen molar-refractivity contribution in [3.63, 3.8) is 0 Å². The second kappa shape index (κ2) is 7.67. The van der Waals surface area contributed by atoms with Gasteiger partial charge < -0.3 is 20.4 Å². The lowest BCUT2D eigenvalue weighted by Gasteiger charge is -2.42. The van der Waals surface area contributed by atoms with Crippen molar-refractivity contribution < 1.29 is 4.74 Å². The first-order valence-electron chi connectivity index (χ1n) is 11.1. The van der Waals surface area contributed by atoms with E-state index in [2.05, 4.69) is 44.1 Å². The molecule has 33 heavy (non-hydrogen) atoms. The quantitative estimate of drug-likeness (QED) is 0.605. The summed E-state index contributed by atoms with van der Waals surface area (Å²) in [6, 6.07) is 10.2. The van der Waals surface area contributed by atoms with Gasteiger partial charge in [0.2, 0.25) is 5.90 Å². The molecular weight excluding hydrogens is 440 g/mol. The van der Waals surface area contributed by atoms with E-state index in [-0.39, 0.29) is 22.2 Å². The second-order valence-electron chi connectivity index (χ2n) is 8.93. The Kier molecular flexibility index (Phi) is 4.74. The van der Waals surface area contributed by atoms with Crippen LogP contribution in [0.2, 0.25) is 5.02 Å². The minimum atomic E-state index is -0.414. The van der Waals surface area contributed by atoms with Gasteiger partial charge in [-0.25, -0.2) is 15.0 Å². The molecule has 1 spiro atoms. The number of fused-ring (bicyclic) bond motifs is 2. The van der Waals surface area contributed by atoms with E-state index in [1.165, 1.54) is 17.3 Å². The number of ether oxygens (including phenoxy) is 1. The normalized spacial score (nSPS) is 20.5. The predicted octanol–water partition coefficient (Wildman–Crippen LogP) is 3.00. The molecule has 1 aromatic carbocycles. The second-order valence-corrected chi connectivity index (χ2v) is 9.31. The molecule has 0 amide bonds. The summed E-state index contributed by atoms with van der Waals surface area (Å²) < 4.78 is 5.77. The van der Waals surface area contributed by atoms with Crippen LogP contribution in [0.1, 0.15) is 41.4 Å². The number of aromatic nitrogens is 3. The number of rotatable bonds is 2. The van der Waals surface area contributed by atoms with Crippen LogP contribution in [0.4, 0.5) is 5.82 Å². The minimum absolute atomic E-state index is 0.0206. The molecule has 3 aliphatic rings. The van der Waals surface area contributed by atoms with E-state index in [4.69, 9.17) is 27.1 Å². The molecule has 0 radical (unpaired) electrons. The third-order valence-corrected chi connectivity index (χ3v) is 7.51. The van der Waals surface area contributed by atoms with Crippen molar-refractivity contribution in [2.75, 3.05) is 18.0 Å².